The number of aryl methyl sites for hydroxylation is 2. The van der Waals surface area contributed by atoms with Gasteiger partial charge in [0, 0.05) is 24.4 Å². The molecule has 1 amide bonds. The van der Waals surface area contributed by atoms with Crippen LogP contribution in [0.25, 0.3) is 16.9 Å². The second-order valence-corrected chi connectivity index (χ2v) is 7.34. The van der Waals surface area contributed by atoms with E-state index in [0.29, 0.717) is 17.2 Å². The molecule has 0 aliphatic heterocycles. The fourth-order valence-corrected chi connectivity index (χ4v) is 3.43. The summed E-state index contributed by atoms with van der Waals surface area (Å²) in [6.45, 7) is 3.54. The average molecular weight is 417 g/mol. The lowest BCUT2D eigenvalue weighted by atomic mass is 10.1. The molecule has 4 aromatic rings. The molecule has 0 spiro atoms. The standard InChI is InChI=1S/C23H23N5O3/c1-15-6-5-7-18(12-15)26(3)22(29)14-27-23(30)28-16(2)24-20(13-21(28)25-27)17-8-10-19(31-4)11-9-17/h5-13H,14H2,1-4H3. The zero-order chi connectivity index (χ0) is 22.1. The molecule has 0 aliphatic carbocycles. The largest absolute Gasteiger partial charge is 0.497 e. The van der Waals surface area contributed by atoms with Gasteiger partial charge >= 0.3 is 5.69 Å². The van der Waals surface area contributed by atoms with Crippen LogP contribution in [0.1, 0.15) is 11.4 Å². The van der Waals surface area contributed by atoms with Crippen molar-refractivity contribution in [2.45, 2.75) is 20.4 Å². The quantitative estimate of drug-likeness (QED) is 0.499. The number of methoxy groups -OCH3 is 1. The van der Waals surface area contributed by atoms with E-state index in [9.17, 15) is 9.59 Å². The van der Waals surface area contributed by atoms with E-state index in [1.807, 2.05) is 55.5 Å². The van der Waals surface area contributed by atoms with Crippen LogP contribution in [0.3, 0.4) is 0 Å². The van der Waals surface area contributed by atoms with Crippen LogP contribution in [0.15, 0.2) is 59.4 Å². The van der Waals surface area contributed by atoms with E-state index in [4.69, 9.17) is 4.74 Å². The van der Waals surface area contributed by atoms with Gasteiger partial charge in [0.25, 0.3) is 0 Å². The summed E-state index contributed by atoms with van der Waals surface area (Å²) < 4.78 is 7.78. The molecule has 2 heterocycles. The highest BCUT2D eigenvalue weighted by Gasteiger charge is 2.17. The van der Waals surface area contributed by atoms with Gasteiger partial charge in [0.1, 0.15) is 18.1 Å². The summed E-state index contributed by atoms with van der Waals surface area (Å²) in [4.78, 5) is 31.7. The molecule has 0 atom stereocenters. The third-order valence-corrected chi connectivity index (χ3v) is 5.17. The molecule has 0 radical (unpaired) electrons. The summed E-state index contributed by atoms with van der Waals surface area (Å²) in [6, 6.07) is 16.8. The number of carbonyl (C=O) groups excluding carboxylic acids is 1. The predicted molar refractivity (Wildman–Crippen MR) is 119 cm³/mol. The van der Waals surface area contributed by atoms with Gasteiger partial charge in [-0.15, -0.1) is 5.10 Å². The lowest BCUT2D eigenvalue weighted by Gasteiger charge is -2.17. The number of ether oxygens (including phenoxy) is 1. The van der Waals surface area contributed by atoms with Gasteiger partial charge in [-0.25, -0.2) is 18.9 Å². The topological polar surface area (TPSA) is 81.7 Å². The lowest BCUT2D eigenvalue weighted by Crippen LogP contribution is -2.34. The summed E-state index contributed by atoms with van der Waals surface area (Å²) in [5, 5.41) is 4.38. The van der Waals surface area contributed by atoms with E-state index in [-0.39, 0.29) is 12.5 Å². The van der Waals surface area contributed by atoms with Crippen molar-refractivity contribution in [3.05, 3.63) is 76.5 Å². The Bertz CT molecular complexity index is 1320. The van der Waals surface area contributed by atoms with Gasteiger partial charge in [0.05, 0.1) is 12.8 Å². The number of aromatic nitrogens is 4. The molecule has 0 N–H and O–H groups in total. The highest BCUT2D eigenvalue weighted by atomic mass is 16.5. The Kier molecular flexibility index (Phi) is 5.29. The van der Waals surface area contributed by atoms with E-state index < -0.39 is 5.69 Å². The molecule has 2 aromatic carbocycles. The summed E-state index contributed by atoms with van der Waals surface area (Å²) in [5.41, 5.74) is 3.43. The smallest absolute Gasteiger partial charge is 0.352 e. The number of rotatable bonds is 5. The van der Waals surface area contributed by atoms with Crippen LogP contribution >= 0.6 is 0 Å². The first kappa shape index (κ1) is 20.3. The second-order valence-electron chi connectivity index (χ2n) is 7.34. The highest BCUT2D eigenvalue weighted by Crippen LogP contribution is 2.22. The zero-order valence-corrected chi connectivity index (χ0v) is 17.9. The van der Waals surface area contributed by atoms with Crippen molar-refractivity contribution in [2.24, 2.45) is 0 Å². The molecule has 4 rings (SSSR count). The molecule has 8 heteroatoms. The Balaban J connectivity index is 1.66. The van der Waals surface area contributed by atoms with Crippen LogP contribution in [0.2, 0.25) is 0 Å². The van der Waals surface area contributed by atoms with E-state index >= 15 is 0 Å². The third kappa shape index (κ3) is 3.92. The lowest BCUT2D eigenvalue weighted by molar-refractivity contribution is -0.119. The Hall–Kier alpha value is -3.94. The molecule has 31 heavy (non-hydrogen) atoms. The molecular weight excluding hydrogens is 394 g/mol. The minimum absolute atomic E-state index is 0.164. The van der Waals surface area contributed by atoms with Crippen molar-refractivity contribution in [2.75, 3.05) is 19.1 Å². The minimum atomic E-state index is -0.396. The fraction of sp³-hybridized carbons (Fsp3) is 0.217. The van der Waals surface area contributed by atoms with Crippen LogP contribution < -0.4 is 15.3 Å². The fourth-order valence-electron chi connectivity index (χ4n) is 3.43. The maximum atomic E-state index is 12.9. The van der Waals surface area contributed by atoms with Crippen molar-refractivity contribution in [3.63, 3.8) is 0 Å². The number of anilines is 1. The van der Waals surface area contributed by atoms with Crippen LogP contribution in [0.5, 0.6) is 5.75 Å². The molecule has 0 saturated carbocycles. The molecule has 0 aliphatic rings. The van der Waals surface area contributed by atoms with E-state index in [1.54, 1.807) is 27.1 Å². The first-order valence-corrected chi connectivity index (χ1v) is 9.82. The van der Waals surface area contributed by atoms with E-state index in [2.05, 4.69) is 10.1 Å². The van der Waals surface area contributed by atoms with Gasteiger partial charge in [-0.2, -0.15) is 0 Å². The van der Waals surface area contributed by atoms with Gasteiger partial charge in [0.2, 0.25) is 5.91 Å². The number of likely N-dealkylation sites (N-methyl/N-ethyl adjacent to an activating group) is 1. The van der Waals surface area contributed by atoms with Crippen LogP contribution in [-0.4, -0.2) is 39.2 Å². The monoisotopic (exact) mass is 417 g/mol. The van der Waals surface area contributed by atoms with Gasteiger partial charge in [-0.1, -0.05) is 12.1 Å². The number of nitrogens with zero attached hydrogens (tertiary/aromatic N) is 5. The van der Waals surface area contributed by atoms with Crippen LogP contribution in [0, 0.1) is 13.8 Å². The van der Waals surface area contributed by atoms with Crippen molar-refractivity contribution >= 4 is 17.2 Å². The van der Waals surface area contributed by atoms with E-state index in [1.165, 1.54) is 14.0 Å². The maximum Gasteiger partial charge on any atom is 0.352 e. The van der Waals surface area contributed by atoms with Gasteiger partial charge in [0.15, 0.2) is 5.65 Å². The molecule has 0 saturated heterocycles. The Morgan fingerprint density at radius 2 is 1.84 bits per heavy atom. The minimum Gasteiger partial charge on any atom is -0.497 e. The predicted octanol–water partition coefficient (Wildman–Crippen LogP) is 2.85. The van der Waals surface area contributed by atoms with Gasteiger partial charge in [-0.05, 0) is 55.8 Å². The van der Waals surface area contributed by atoms with Crippen LogP contribution in [-0.2, 0) is 11.3 Å². The first-order chi connectivity index (χ1) is 14.9. The van der Waals surface area contributed by atoms with Crippen LogP contribution in [0.4, 0.5) is 5.69 Å². The Morgan fingerprint density at radius 3 is 2.52 bits per heavy atom. The highest BCUT2D eigenvalue weighted by molar-refractivity contribution is 5.92. The SMILES string of the molecule is COc1ccc(-c2cc3nn(CC(=O)N(C)c4cccc(C)c4)c(=O)n3c(C)n2)cc1. The molecule has 0 fully saturated rings. The Labute approximate surface area is 179 Å². The normalized spacial score (nSPS) is 11.0. The molecular formula is C23H23N5O3. The number of carbonyl (C=O) groups is 1. The number of hydrogen-bond donors (Lipinski definition) is 0. The third-order valence-electron chi connectivity index (χ3n) is 5.17. The maximum absolute atomic E-state index is 12.9. The molecule has 8 nitrogen and oxygen atoms in total. The molecule has 0 unspecified atom stereocenters. The first-order valence-electron chi connectivity index (χ1n) is 9.82. The Morgan fingerprint density at radius 1 is 1.10 bits per heavy atom. The zero-order valence-electron chi connectivity index (χ0n) is 17.9. The van der Waals surface area contributed by atoms with Gasteiger partial charge in [-0.3, -0.25) is 4.79 Å². The molecule has 158 valence electrons. The number of hydrogen-bond acceptors (Lipinski definition) is 5. The van der Waals surface area contributed by atoms with Crippen molar-refractivity contribution in [1.29, 1.82) is 0 Å². The summed E-state index contributed by atoms with van der Waals surface area (Å²) in [7, 11) is 3.30. The average Bonchev–Trinajstić information content (AvgIpc) is 3.08. The van der Waals surface area contributed by atoms with Crippen molar-refractivity contribution in [3.8, 4) is 17.0 Å². The summed E-state index contributed by atoms with van der Waals surface area (Å²) in [6.07, 6.45) is 0. The number of fused-ring (bicyclic) bond motifs is 1. The van der Waals surface area contributed by atoms with Crippen molar-refractivity contribution < 1.29 is 9.53 Å². The molecule has 0 bridgehead atoms. The summed E-state index contributed by atoms with van der Waals surface area (Å²) in [5.74, 6) is 1.01. The molecule has 2 aromatic heterocycles. The summed E-state index contributed by atoms with van der Waals surface area (Å²) >= 11 is 0. The number of benzene rings is 2. The van der Waals surface area contributed by atoms with Crippen molar-refractivity contribution in [1.82, 2.24) is 19.2 Å². The number of amides is 1. The van der Waals surface area contributed by atoms with Gasteiger partial charge < -0.3 is 9.64 Å². The van der Waals surface area contributed by atoms with E-state index in [0.717, 1.165) is 22.6 Å². The second kappa shape index (κ2) is 8.06.